The summed E-state index contributed by atoms with van der Waals surface area (Å²) in [7, 11) is -4.00. The number of halogens is 1. The van der Waals surface area contributed by atoms with E-state index in [1.807, 2.05) is 13.8 Å². The second-order valence-corrected chi connectivity index (χ2v) is 9.35. The Morgan fingerprint density at radius 1 is 1.07 bits per heavy atom. The van der Waals surface area contributed by atoms with Crippen molar-refractivity contribution in [1.29, 1.82) is 0 Å². The summed E-state index contributed by atoms with van der Waals surface area (Å²) < 4.78 is 27.8. The molecule has 8 heteroatoms. The van der Waals surface area contributed by atoms with Gasteiger partial charge in [0.1, 0.15) is 6.04 Å². The number of aliphatic hydroxyl groups is 1. The fourth-order valence-electron chi connectivity index (χ4n) is 2.86. The molecule has 1 amide bonds. The lowest BCUT2D eigenvalue weighted by atomic mass is 10.0. The highest BCUT2D eigenvalue weighted by Crippen LogP contribution is 2.25. The molecule has 0 heterocycles. The van der Waals surface area contributed by atoms with Crippen LogP contribution in [-0.4, -0.2) is 29.8 Å². The predicted molar refractivity (Wildman–Crippen MR) is 109 cm³/mol. The number of carbonyl (C=O) groups is 1. The van der Waals surface area contributed by atoms with Gasteiger partial charge in [0.2, 0.25) is 15.9 Å². The maximum absolute atomic E-state index is 13.3. The van der Waals surface area contributed by atoms with Crippen molar-refractivity contribution in [2.75, 3.05) is 0 Å². The lowest BCUT2D eigenvalue weighted by Crippen LogP contribution is -2.48. The molecule has 0 aliphatic heterocycles. The van der Waals surface area contributed by atoms with Crippen LogP contribution in [0.4, 0.5) is 0 Å². The first-order valence-corrected chi connectivity index (χ1v) is 10.7. The van der Waals surface area contributed by atoms with Gasteiger partial charge in [-0.3, -0.25) is 4.79 Å². The zero-order chi connectivity index (χ0) is 20.9. The standard InChI is InChI=1S/C20H25ClN2O4S/c1-14(2)11-19(20(22)25)23(12-15-3-5-16(13-24)6-4-15)28(26,27)18-9-7-17(21)8-10-18/h3-10,14,19,24H,11-13H2,1-2H3,(H2,22,25)/t19-/m1/s1. The van der Waals surface area contributed by atoms with E-state index in [0.717, 1.165) is 4.31 Å². The number of carbonyl (C=O) groups excluding carboxylic acids is 1. The Balaban J connectivity index is 2.49. The molecule has 0 aliphatic rings. The van der Waals surface area contributed by atoms with Gasteiger partial charge in [-0.25, -0.2) is 8.42 Å². The van der Waals surface area contributed by atoms with E-state index >= 15 is 0 Å². The van der Waals surface area contributed by atoms with Gasteiger partial charge in [0.05, 0.1) is 11.5 Å². The highest BCUT2D eigenvalue weighted by molar-refractivity contribution is 7.89. The topological polar surface area (TPSA) is 101 Å². The first-order chi connectivity index (χ1) is 13.1. The monoisotopic (exact) mass is 424 g/mol. The molecule has 152 valence electrons. The fraction of sp³-hybridized carbons (Fsp3) is 0.350. The minimum Gasteiger partial charge on any atom is -0.392 e. The van der Waals surface area contributed by atoms with Gasteiger partial charge in [-0.1, -0.05) is 49.7 Å². The molecule has 1 atom stereocenters. The molecular formula is C20H25ClN2O4S. The average Bonchev–Trinajstić information content (AvgIpc) is 2.65. The van der Waals surface area contributed by atoms with Gasteiger partial charge < -0.3 is 10.8 Å². The van der Waals surface area contributed by atoms with E-state index in [-0.39, 0.29) is 24.0 Å². The summed E-state index contributed by atoms with van der Waals surface area (Å²) in [6, 6.07) is 11.7. The molecule has 2 aromatic rings. The van der Waals surface area contributed by atoms with E-state index in [1.54, 1.807) is 24.3 Å². The summed E-state index contributed by atoms with van der Waals surface area (Å²) in [4.78, 5) is 12.2. The lowest BCUT2D eigenvalue weighted by molar-refractivity contribution is -0.122. The first kappa shape index (κ1) is 22.4. The van der Waals surface area contributed by atoms with Crippen LogP contribution in [0.25, 0.3) is 0 Å². The maximum Gasteiger partial charge on any atom is 0.244 e. The van der Waals surface area contributed by atoms with E-state index in [0.29, 0.717) is 22.6 Å². The van der Waals surface area contributed by atoms with Crippen molar-refractivity contribution in [2.24, 2.45) is 11.7 Å². The molecule has 28 heavy (non-hydrogen) atoms. The Labute approximate surface area is 171 Å². The number of aliphatic hydroxyl groups excluding tert-OH is 1. The Hall–Kier alpha value is -1.93. The van der Waals surface area contributed by atoms with Crippen molar-refractivity contribution in [3.8, 4) is 0 Å². The van der Waals surface area contributed by atoms with Gasteiger partial charge in [-0.15, -0.1) is 0 Å². The van der Waals surface area contributed by atoms with E-state index < -0.39 is 22.0 Å². The molecule has 0 unspecified atom stereocenters. The minimum absolute atomic E-state index is 0.0169. The van der Waals surface area contributed by atoms with Crippen LogP contribution >= 0.6 is 11.6 Å². The Morgan fingerprint density at radius 3 is 2.07 bits per heavy atom. The summed E-state index contributed by atoms with van der Waals surface area (Å²) in [5.41, 5.74) is 6.98. The molecule has 0 spiro atoms. The zero-order valence-corrected chi connectivity index (χ0v) is 17.4. The number of sulfonamides is 1. The Kier molecular flexibility index (Phi) is 7.60. The number of benzene rings is 2. The maximum atomic E-state index is 13.3. The predicted octanol–water partition coefficient (Wildman–Crippen LogP) is 2.92. The zero-order valence-electron chi connectivity index (χ0n) is 15.9. The van der Waals surface area contributed by atoms with Crippen LogP contribution in [0.3, 0.4) is 0 Å². The highest BCUT2D eigenvalue weighted by Gasteiger charge is 2.35. The van der Waals surface area contributed by atoms with Gasteiger partial charge in [-0.2, -0.15) is 4.31 Å². The van der Waals surface area contributed by atoms with Crippen LogP contribution in [-0.2, 0) is 28.0 Å². The van der Waals surface area contributed by atoms with Crippen LogP contribution in [0.15, 0.2) is 53.4 Å². The summed E-state index contributed by atoms with van der Waals surface area (Å²) in [5, 5.41) is 9.61. The largest absolute Gasteiger partial charge is 0.392 e. The SMILES string of the molecule is CC(C)C[C@H](C(N)=O)N(Cc1ccc(CO)cc1)S(=O)(=O)c1ccc(Cl)cc1. The number of amides is 1. The summed E-state index contributed by atoms with van der Waals surface area (Å²) in [6.45, 7) is 3.68. The van der Waals surface area contributed by atoms with Crippen molar-refractivity contribution >= 4 is 27.5 Å². The van der Waals surface area contributed by atoms with Gasteiger partial charge in [0.25, 0.3) is 0 Å². The molecule has 0 aliphatic carbocycles. The second kappa shape index (κ2) is 9.52. The quantitative estimate of drug-likeness (QED) is 0.646. The van der Waals surface area contributed by atoms with Crippen molar-refractivity contribution in [3.63, 3.8) is 0 Å². The highest BCUT2D eigenvalue weighted by atomic mass is 35.5. The fourth-order valence-corrected chi connectivity index (χ4v) is 4.58. The normalized spacial score (nSPS) is 13.1. The second-order valence-electron chi connectivity index (χ2n) is 7.03. The number of nitrogens with zero attached hydrogens (tertiary/aromatic N) is 1. The van der Waals surface area contributed by atoms with Crippen LogP contribution in [0, 0.1) is 5.92 Å². The number of primary amides is 1. The number of hydrogen-bond acceptors (Lipinski definition) is 4. The van der Waals surface area contributed by atoms with Crippen LogP contribution < -0.4 is 5.73 Å². The van der Waals surface area contributed by atoms with E-state index in [2.05, 4.69) is 0 Å². The van der Waals surface area contributed by atoms with Crippen LogP contribution in [0.5, 0.6) is 0 Å². The lowest BCUT2D eigenvalue weighted by Gasteiger charge is -2.30. The molecule has 2 rings (SSSR count). The molecule has 0 fully saturated rings. The molecule has 3 N–H and O–H groups in total. The smallest absolute Gasteiger partial charge is 0.244 e. The van der Waals surface area contributed by atoms with E-state index in [9.17, 15) is 18.3 Å². The molecule has 0 radical (unpaired) electrons. The van der Waals surface area contributed by atoms with E-state index in [4.69, 9.17) is 17.3 Å². The third-order valence-corrected chi connectivity index (χ3v) is 6.46. The van der Waals surface area contributed by atoms with Gasteiger partial charge >= 0.3 is 0 Å². The van der Waals surface area contributed by atoms with Crippen molar-refractivity contribution < 1.29 is 18.3 Å². The third-order valence-electron chi connectivity index (χ3n) is 4.33. The molecule has 2 aromatic carbocycles. The van der Waals surface area contributed by atoms with Crippen molar-refractivity contribution in [2.45, 2.75) is 44.4 Å². The summed E-state index contributed by atoms with van der Waals surface area (Å²) in [6.07, 6.45) is 0.302. The average molecular weight is 425 g/mol. The number of nitrogens with two attached hydrogens (primary N) is 1. The third kappa shape index (κ3) is 5.54. The molecule has 6 nitrogen and oxygen atoms in total. The van der Waals surface area contributed by atoms with Gasteiger partial charge in [0, 0.05) is 11.6 Å². The van der Waals surface area contributed by atoms with Gasteiger partial charge in [-0.05, 0) is 47.7 Å². The van der Waals surface area contributed by atoms with E-state index in [1.165, 1.54) is 24.3 Å². The van der Waals surface area contributed by atoms with Crippen LogP contribution in [0.1, 0.15) is 31.4 Å². The van der Waals surface area contributed by atoms with Crippen molar-refractivity contribution in [3.05, 3.63) is 64.7 Å². The molecule has 0 bridgehead atoms. The number of hydrogen-bond donors (Lipinski definition) is 2. The molecule has 0 saturated heterocycles. The molecule has 0 saturated carbocycles. The Bertz CT molecular complexity index is 897. The molecule has 0 aromatic heterocycles. The van der Waals surface area contributed by atoms with Crippen LogP contribution in [0.2, 0.25) is 5.02 Å². The molecular weight excluding hydrogens is 400 g/mol. The summed E-state index contributed by atoms with van der Waals surface area (Å²) in [5.74, 6) is -0.629. The Morgan fingerprint density at radius 2 is 1.61 bits per heavy atom. The summed E-state index contributed by atoms with van der Waals surface area (Å²) >= 11 is 5.88. The van der Waals surface area contributed by atoms with Gasteiger partial charge in [0.15, 0.2) is 0 Å². The van der Waals surface area contributed by atoms with Crippen molar-refractivity contribution in [1.82, 2.24) is 4.31 Å². The first-order valence-electron chi connectivity index (χ1n) is 8.90. The number of rotatable bonds is 9. The minimum atomic E-state index is -4.00.